The molecule has 0 fully saturated rings. The molecule has 12 N–H and O–H groups in total. The van der Waals surface area contributed by atoms with Crippen LogP contribution in [0.3, 0.4) is 0 Å². The molecule has 220 valence electrons. The zero-order chi connectivity index (χ0) is 29.8. The van der Waals surface area contributed by atoms with Crippen LogP contribution in [0.1, 0.15) is 38.7 Å². The summed E-state index contributed by atoms with van der Waals surface area (Å²) in [4.78, 5) is 57.9. The fourth-order valence-corrected chi connectivity index (χ4v) is 4.07. The number of carbonyl (C=O) groups is 4. The number of carboxylic acids is 1. The summed E-state index contributed by atoms with van der Waals surface area (Å²) in [6.07, 6.45) is 2.65. The second kappa shape index (κ2) is 15.4. The molecule has 5 atom stereocenters. The predicted octanol–water partition coefficient (Wildman–Crippen LogP) is -1.33. The molecule has 1 aromatic heterocycles. The summed E-state index contributed by atoms with van der Waals surface area (Å²) in [5, 5.41) is 27.6. The molecule has 1 aromatic carbocycles. The average molecular weight is 561 g/mol. The van der Waals surface area contributed by atoms with Gasteiger partial charge >= 0.3 is 5.97 Å². The smallest absolute Gasteiger partial charge is 0.326 e. The van der Waals surface area contributed by atoms with Crippen molar-refractivity contribution >= 4 is 40.6 Å². The number of aliphatic imine (C=N–C) groups is 1. The second-order valence-electron chi connectivity index (χ2n) is 9.63. The summed E-state index contributed by atoms with van der Waals surface area (Å²) >= 11 is 0. The van der Waals surface area contributed by atoms with Crippen LogP contribution in [0.25, 0.3) is 10.9 Å². The Balaban J connectivity index is 2.20. The highest BCUT2D eigenvalue weighted by atomic mass is 16.4. The minimum absolute atomic E-state index is 0.0226. The number of guanidine groups is 1. The highest BCUT2D eigenvalue weighted by Gasteiger charge is 2.33. The number of aromatic nitrogens is 1. The number of amides is 3. The van der Waals surface area contributed by atoms with Crippen LogP contribution in [0.2, 0.25) is 0 Å². The van der Waals surface area contributed by atoms with E-state index in [0.29, 0.717) is 12.8 Å². The average Bonchev–Trinajstić information content (AvgIpc) is 3.34. The number of rotatable bonds is 16. The number of aliphatic hydroxyl groups excluding tert-OH is 1. The summed E-state index contributed by atoms with van der Waals surface area (Å²) in [5.41, 5.74) is 17.8. The maximum absolute atomic E-state index is 13.3. The Morgan fingerprint density at radius 2 is 1.70 bits per heavy atom. The van der Waals surface area contributed by atoms with Crippen molar-refractivity contribution in [1.82, 2.24) is 20.9 Å². The van der Waals surface area contributed by atoms with Crippen molar-refractivity contribution in [1.29, 1.82) is 0 Å². The first-order valence-corrected chi connectivity index (χ1v) is 13.1. The van der Waals surface area contributed by atoms with E-state index in [0.717, 1.165) is 16.5 Å². The van der Waals surface area contributed by atoms with Gasteiger partial charge in [-0.05, 0) is 30.4 Å². The van der Waals surface area contributed by atoms with E-state index < -0.39 is 54.5 Å². The lowest BCUT2D eigenvalue weighted by Gasteiger charge is -2.28. The predicted molar refractivity (Wildman–Crippen MR) is 150 cm³/mol. The lowest BCUT2D eigenvalue weighted by molar-refractivity contribution is -0.142. The Labute approximate surface area is 232 Å². The SMILES string of the molecule is CCC(C)C(NC(=O)C(CCCN=C(N)N)NC(=O)C(N)CO)C(=O)NC(Cc1c[nH]c2ccccc12)C(=O)O. The number of para-hydroxylation sites is 1. The van der Waals surface area contributed by atoms with Crippen molar-refractivity contribution in [3.8, 4) is 0 Å². The molecule has 0 aliphatic carbocycles. The van der Waals surface area contributed by atoms with Crippen LogP contribution in [0, 0.1) is 5.92 Å². The highest BCUT2D eigenvalue weighted by Crippen LogP contribution is 2.19. The van der Waals surface area contributed by atoms with Gasteiger partial charge in [0.05, 0.1) is 6.61 Å². The van der Waals surface area contributed by atoms with E-state index in [4.69, 9.17) is 17.2 Å². The first-order valence-electron chi connectivity index (χ1n) is 13.1. The third-order valence-corrected chi connectivity index (χ3v) is 6.62. The molecule has 3 amide bonds. The van der Waals surface area contributed by atoms with E-state index in [1.807, 2.05) is 31.2 Å². The van der Waals surface area contributed by atoms with Crippen LogP contribution in [-0.2, 0) is 25.6 Å². The van der Waals surface area contributed by atoms with Gasteiger partial charge in [0, 0.05) is 30.1 Å². The Kier molecular flexibility index (Phi) is 12.4. The molecule has 0 radical (unpaired) electrons. The van der Waals surface area contributed by atoms with Gasteiger partial charge in [0.25, 0.3) is 0 Å². The first-order chi connectivity index (χ1) is 19.0. The molecule has 0 saturated carbocycles. The van der Waals surface area contributed by atoms with Gasteiger partial charge in [-0.2, -0.15) is 0 Å². The maximum Gasteiger partial charge on any atom is 0.326 e. The van der Waals surface area contributed by atoms with Gasteiger partial charge in [-0.25, -0.2) is 4.79 Å². The van der Waals surface area contributed by atoms with Gasteiger partial charge < -0.3 is 48.3 Å². The van der Waals surface area contributed by atoms with Crippen LogP contribution < -0.4 is 33.2 Å². The van der Waals surface area contributed by atoms with Crippen molar-refractivity contribution in [2.75, 3.05) is 13.2 Å². The third-order valence-electron chi connectivity index (χ3n) is 6.62. The number of nitrogens with two attached hydrogens (primary N) is 3. The minimum atomic E-state index is -1.26. The molecule has 0 spiro atoms. The number of H-pyrrole nitrogens is 1. The van der Waals surface area contributed by atoms with Crippen LogP contribution in [0.5, 0.6) is 0 Å². The number of carbonyl (C=O) groups excluding carboxylic acids is 3. The Morgan fingerprint density at radius 3 is 2.33 bits per heavy atom. The normalized spacial score (nSPS) is 14.8. The molecule has 14 nitrogen and oxygen atoms in total. The van der Waals surface area contributed by atoms with Crippen molar-refractivity contribution in [2.24, 2.45) is 28.1 Å². The van der Waals surface area contributed by atoms with Crippen LogP contribution in [0.4, 0.5) is 0 Å². The molecule has 40 heavy (non-hydrogen) atoms. The van der Waals surface area contributed by atoms with E-state index in [2.05, 4.69) is 25.9 Å². The molecule has 2 aromatic rings. The number of hydrogen-bond donors (Lipinski definition) is 9. The molecule has 1 heterocycles. The fourth-order valence-electron chi connectivity index (χ4n) is 4.07. The third kappa shape index (κ3) is 9.24. The van der Waals surface area contributed by atoms with Gasteiger partial charge in [0.15, 0.2) is 5.96 Å². The van der Waals surface area contributed by atoms with Crippen molar-refractivity contribution < 1.29 is 29.4 Å². The Hall–Kier alpha value is -4.17. The number of carboxylic acid groups (broad SMARTS) is 1. The van der Waals surface area contributed by atoms with E-state index in [1.165, 1.54) is 0 Å². The number of fused-ring (bicyclic) bond motifs is 1. The lowest BCUT2D eigenvalue weighted by atomic mass is 9.96. The molecular weight excluding hydrogens is 520 g/mol. The standard InChI is InChI=1S/C26H40N8O6/c1-3-14(2)21(34-23(37)19(9-6-10-30-26(28)29)32-22(36)17(27)13-35)24(38)33-20(25(39)40)11-15-12-31-18-8-5-4-7-16(15)18/h4-5,7-8,12,14,17,19-21,31,35H,3,6,9-11,13,27H2,1-2H3,(H,32,36)(H,33,38)(H,34,37)(H,39,40)(H4,28,29,30). The quantitative estimate of drug-likeness (QED) is 0.0669. The largest absolute Gasteiger partial charge is 0.480 e. The van der Waals surface area contributed by atoms with Gasteiger partial charge in [-0.3, -0.25) is 19.4 Å². The first kappa shape index (κ1) is 32.0. The minimum Gasteiger partial charge on any atom is -0.480 e. The number of nitrogens with zero attached hydrogens (tertiary/aromatic N) is 1. The van der Waals surface area contributed by atoms with Crippen LogP contribution >= 0.6 is 0 Å². The highest BCUT2D eigenvalue weighted by molar-refractivity contribution is 5.94. The van der Waals surface area contributed by atoms with Gasteiger partial charge in [0.2, 0.25) is 17.7 Å². The second-order valence-corrected chi connectivity index (χ2v) is 9.63. The molecule has 14 heteroatoms. The van der Waals surface area contributed by atoms with E-state index in [-0.39, 0.29) is 31.3 Å². The summed E-state index contributed by atoms with van der Waals surface area (Å²) in [6.45, 7) is 3.14. The van der Waals surface area contributed by atoms with Gasteiger partial charge in [0.1, 0.15) is 24.2 Å². The number of hydrogen-bond acceptors (Lipinski definition) is 7. The fraction of sp³-hybridized carbons (Fsp3) is 0.500. The van der Waals surface area contributed by atoms with Crippen LogP contribution in [0.15, 0.2) is 35.5 Å². The van der Waals surface area contributed by atoms with Crippen LogP contribution in [-0.4, -0.2) is 82.2 Å². The van der Waals surface area contributed by atoms with E-state index >= 15 is 0 Å². The van der Waals surface area contributed by atoms with Crippen molar-refractivity contribution in [3.63, 3.8) is 0 Å². The Morgan fingerprint density at radius 1 is 1.02 bits per heavy atom. The zero-order valence-corrected chi connectivity index (χ0v) is 22.7. The Bertz CT molecular complexity index is 1190. The van der Waals surface area contributed by atoms with Crippen molar-refractivity contribution in [2.45, 2.75) is 63.7 Å². The maximum atomic E-state index is 13.3. The molecule has 0 bridgehead atoms. The molecule has 0 aliphatic heterocycles. The van der Waals surface area contributed by atoms with E-state index in [9.17, 15) is 29.4 Å². The van der Waals surface area contributed by atoms with Crippen molar-refractivity contribution in [3.05, 3.63) is 36.0 Å². The molecule has 0 saturated heterocycles. The van der Waals surface area contributed by atoms with Gasteiger partial charge in [-0.15, -0.1) is 0 Å². The summed E-state index contributed by atoms with van der Waals surface area (Å²) in [6, 6.07) is 2.70. The summed E-state index contributed by atoms with van der Waals surface area (Å²) < 4.78 is 0. The molecular formula is C26H40N8O6. The molecule has 5 unspecified atom stereocenters. The number of aliphatic carboxylic acids is 1. The monoisotopic (exact) mass is 560 g/mol. The molecule has 2 rings (SSSR count). The summed E-state index contributed by atoms with van der Waals surface area (Å²) in [5.74, 6) is -3.82. The number of aliphatic hydroxyl groups is 1. The number of benzene rings is 1. The zero-order valence-electron chi connectivity index (χ0n) is 22.7. The molecule has 0 aliphatic rings. The lowest BCUT2D eigenvalue weighted by Crippen LogP contribution is -2.59. The van der Waals surface area contributed by atoms with Gasteiger partial charge in [-0.1, -0.05) is 38.5 Å². The topological polar surface area (TPSA) is 251 Å². The van der Waals surface area contributed by atoms with E-state index in [1.54, 1.807) is 13.1 Å². The number of aromatic amines is 1. The summed E-state index contributed by atoms with van der Waals surface area (Å²) in [7, 11) is 0. The number of nitrogens with one attached hydrogen (secondary N) is 4.